The number of anilines is 1. The van der Waals surface area contributed by atoms with Crippen LogP contribution in [0.4, 0.5) is 5.82 Å². The molecule has 23 heavy (non-hydrogen) atoms. The summed E-state index contributed by atoms with van der Waals surface area (Å²) in [6, 6.07) is 5.74. The Bertz CT molecular complexity index is 712. The third-order valence-corrected chi connectivity index (χ3v) is 4.38. The highest BCUT2D eigenvalue weighted by molar-refractivity contribution is 5.94. The maximum absolute atomic E-state index is 12.7. The van der Waals surface area contributed by atoms with Crippen molar-refractivity contribution in [3.05, 3.63) is 47.9 Å². The predicted molar refractivity (Wildman–Crippen MR) is 85.8 cm³/mol. The molecule has 0 spiro atoms. The average molecular weight is 310 g/mol. The van der Waals surface area contributed by atoms with Gasteiger partial charge in [-0.25, -0.2) is 4.98 Å². The highest BCUT2D eigenvalue weighted by atomic mass is 16.5. The van der Waals surface area contributed by atoms with Crippen molar-refractivity contribution < 1.29 is 9.53 Å². The van der Waals surface area contributed by atoms with E-state index in [9.17, 15) is 4.79 Å². The summed E-state index contributed by atoms with van der Waals surface area (Å²) in [5.74, 6) is 1.88. The fourth-order valence-corrected chi connectivity index (χ4v) is 3.10. The van der Waals surface area contributed by atoms with Crippen LogP contribution in [0.25, 0.3) is 0 Å². The van der Waals surface area contributed by atoms with Crippen molar-refractivity contribution in [2.45, 2.75) is 6.42 Å². The van der Waals surface area contributed by atoms with E-state index in [4.69, 9.17) is 4.74 Å². The Hall–Kier alpha value is -2.63. The minimum atomic E-state index is 0.0958. The molecule has 0 bridgehead atoms. The Kier molecular flexibility index (Phi) is 3.57. The lowest BCUT2D eigenvalue weighted by molar-refractivity contribution is 0.0746. The minimum absolute atomic E-state index is 0.0958. The largest absolute Gasteiger partial charge is 0.493 e. The molecule has 0 unspecified atom stereocenters. The molecule has 2 aromatic rings. The van der Waals surface area contributed by atoms with E-state index in [1.165, 1.54) is 0 Å². The molecule has 2 aliphatic heterocycles. The highest BCUT2D eigenvalue weighted by Gasteiger charge is 2.24. The number of fused-ring (bicyclic) bond motifs is 1. The molecule has 6 heteroatoms. The van der Waals surface area contributed by atoms with Gasteiger partial charge in [0.25, 0.3) is 5.91 Å². The van der Waals surface area contributed by atoms with Crippen LogP contribution in [0.1, 0.15) is 15.9 Å². The van der Waals surface area contributed by atoms with Crippen molar-refractivity contribution in [1.29, 1.82) is 0 Å². The summed E-state index contributed by atoms with van der Waals surface area (Å²) >= 11 is 0. The zero-order valence-electron chi connectivity index (χ0n) is 12.8. The molecule has 1 fully saturated rings. The molecule has 4 rings (SSSR count). The third kappa shape index (κ3) is 2.72. The summed E-state index contributed by atoms with van der Waals surface area (Å²) in [4.78, 5) is 25.2. The van der Waals surface area contributed by atoms with Crippen molar-refractivity contribution in [1.82, 2.24) is 14.9 Å². The van der Waals surface area contributed by atoms with Crippen molar-refractivity contribution in [2.75, 3.05) is 37.7 Å². The Labute approximate surface area is 134 Å². The Morgan fingerprint density at radius 3 is 2.78 bits per heavy atom. The second-order valence-corrected chi connectivity index (χ2v) is 5.76. The van der Waals surface area contributed by atoms with E-state index < -0.39 is 0 Å². The van der Waals surface area contributed by atoms with Crippen LogP contribution in [0, 0.1) is 0 Å². The first-order valence-corrected chi connectivity index (χ1v) is 7.87. The molecule has 118 valence electrons. The number of benzene rings is 1. The van der Waals surface area contributed by atoms with Gasteiger partial charge in [-0.3, -0.25) is 9.78 Å². The van der Waals surface area contributed by atoms with Gasteiger partial charge >= 0.3 is 0 Å². The van der Waals surface area contributed by atoms with E-state index in [-0.39, 0.29) is 5.91 Å². The van der Waals surface area contributed by atoms with Crippen LogP contribution in [-0.4, -0.2) is 53.6 Å². The monoisotopic (exact) mass is 310 g/mol. The molecule has 0 atom stereocenters. The number of piperazine rings is 1. The van der Waals surface area contributed by atoms with Crippen LogP contribution in [0.2, 0.25) is 0 Å². The highest BCUT2D eigenvalue weighted by Crippen LogP contribution is 2.26. The van der Waals surface area contributed by atoms with Crippen LogP contribution in [-0.2, 0) is 6.42 Å². The van der Waals surface area contributed by atoms with E-state index in [0.717, 1.165) is 42.2 Å². The number of ether oxygens (including phenoxy) is 1. The fraction of sp³-hybridized carbons (Fsp3) is 0.353. The van der Waals surface area contributed by atoms with Gasteiger partial charge in [0.15, 0.2) is 0 Å². The molecule has 6 nitrogen and oxygen atoms in total. The number of amides is 1. The van der Waals surface area contributed by atoms with Gasteiger partial charge < -0.3 is 14.5 Å². The smallest absolute Gasteiger partial charge is 0.253 e. The molecule has 0 radical (unpaired) electrons. The number of hydrogen-bond donors (Lipinski definition) is 0. The summed E-state index contributed by atoms with van der Waals surface area (Å²) in [5.41, 5.74) is 1.89. The normalized spacial score (nSPS) is 16.9. The van der Waals surface area contributed by atoms with Crippen molar-refractivity contribution in [3.8, 4) is 5.75 Å². The maximum atomic E-state index is 12.7. The van der Waals surface area contributed by atoms with Gasteiger partial charge in [-0.05, 0) is 23.8 Å². The second kappa shape index (κ2) is 5.87. The maximum Gasteiger partial charge on any atom is 0.253 e. The van der Waals surface area contributed by atoms with Crippen molar-refractivity contribution in [2.24, 2.45) is 0 Å². The number of rotatable bonds is 2. The van der Waals surface area contributed by atoms with E-state index in [1.807, 2.05) is 23.1 Å². The quantitative estimate of drug-likeness (QED) is 0.838. The van der Waals surface area contributed by atoms with E-state index in [0.29, 0.717) is 19.7 Å². The lowest BCUT2D eigenvalue weighted by Gasteiger charge is -2.35. The van der Waals surface area contributed by atoms with Gasteiger partial charge in [-0.2, -0.15) is 0 Å². The predicted octanol–water partition coefficient (Wildman–Crippen LogP) is 1.37. The van der Waals surface area contributed by atoms with Crippen LogP contribution in [0.3, 0.4) is 0 Å². The summed E-state index contributed by atoms with van der Waals surface area (Å²) in [7, 11) is 0. The van der Waals surface area contributed by atoms with Gasteiger partial charge in [-0.15, -0.1) is 0 Å². The topological polar surface area (TPSA) is 58.6 Å². The first-order chi connectivity index (χ1) is 11.3. The number of carbonyl (C=O) groups is 1. The molecule has 1 amide bonds. The lowest BCUT2D eigenvalue weighted by Crippen LogP contribution is -2.49. The first kappa shape index (κ1) is 14.0. The van der Waals surface area contributed by atoms with Crippen molar-refractivity contribution >= 4 is 11.7 Å². The van der Waals surface area contributed by atoms with Gasteiger partial charge in [0.1, 0.15) is 11.6 Å². The van der Waals surface area contributed by atoms with E-state index in [2.05, 4.69) is 14.9 Å². The number of aromatic nitrogens is 2. The zero-order chi connectivity index (χ0) is 15.6. The van der Waals surface area contributed by atoms with Gasteiger partial charge in [0.05, 0.1) is 12.8 Å². The molecule has 0 N–H and O–H groups in total. The number of carbonyl (C=O) groups excluding carboxylic acids is 1. The minimum Gasteiger partial charge on any atom is -0.493 e. The molecule has 0 aliphatic carbocycles. The zero-order valence-corrected chi connectivity index (χ0v) is 12.8. The molecular formula is C17H18N4O2. The number of nitrogens with zero attached hydrogens (tertiary/aromatic N) is 4. The molecule has 0 saturated carbocycles. The standard InChI is InChI=1S/C17H18N4O2/c22-17(14-1-2-15-13(11-14)3-10-23-15)21-8-6-20(7-9-21)16-12-18-4-5-19-16/h1-2,4-5,11-12H,3,6-10H2. The summed E-state index contributed by atoms with van der Waals surface area (Å²) in [6.45, 7) is 3.66. The average Bonchev–Trinajstić information content (AvgIpc) is 3.10. The lowest BCUT2D eigenvalue weighted by atomic mass is 10.1. The summed E-state index contributed by atoms with van der Waals surface area (Å²) in [6.07, 6.45) is 6.01. The van der Waals surface area contributed by atoms with Crippen LogP contribution < -0.4 is 9.64 Å². The van der Waals surface area contributed by atoms with Crippen LogP contribution in [0.15, 0.2) is 36.8 Å². The molecule has 1 saturated heterocycles. The Morgan fingerprint density at radius 1 is 1.13 bits per heavy atom. The first-order valence-electron chi connectivity index (χ1n) is 7.87. The van der Waals surface area contributed by atoms with E-state index in [1.54, 1.807) is 18.6 Å². The second-order valence-electron chi connectivity index (χ2n) is 5.76. The number of hydrogen-bond acceptors (Lipinski definition) is 5. The van der Waals surface area contributed by atoms with Gasteiger partial charge in [-0.1, -0.05) is 0 Å². The Balaban J connectivity index is 1.43. The summed E-state index contributed by atoms with van der Waals surface area (Å²) < 4.78 is 5.50. The molecule has 1 aromatic carbocycles. The molecule has 1 aromatic heterocycles. The van der Waals surface area contributed by atoms with E-state index >= 15 is 0 Å². The summed E-state index contributed by atoms with van der Waals surface area (Å²) in [5, 5.41) is 0. The Morgan fingerprint density at radius 2 is 2.00 bits per heavy atom. The SMILES string of the molecule is O=C(c1ccc2c(c1)CCO2)N1CCN(c2cnccn2)CC1. The molecule has 3 heterocycles. The third-order valence-electron chi connectivity index (χ3n) is 4.38. The van der Waals surface area contributed by atoms with Gasteiger partial charge in [0.2, 0.25) is 0 Å². The van der Waals surface area contributed by atoms with Crippen molar-refractivity contribution in [3.63, 3.8) is 0 Å². The fourth-order valence-electron chi connectivity index (χ4n) is 3.10. The molecular weight excluding hydrogens is 292 g/mol. The van der Waals surface area contributed by atoms with Crippen LogP contribution >= 0.6 is 0 Å². The van der Waals surface area contributed by atoms with Crippen LogP contribution in [0.5, 0.6) is 5.75 Å². The molecule has 2 aliphatic rings. The van der Waals surface area contributed by atoms with Gasteiger partial charge in [0, 0.05) is 50.6 Å².